The lowest BCUT2D eigenvalue weighted by molar-refractivity contribution is 0.300. The number of hydrogen-bond donors (Lipinski definition) is 2. The van der Waals surface area contributed by atoms with Crippen molar-refractivity contribution >= 4 is 32.7 Å². The summed E-state index contributed by atoms with van der Waals surface area (Å²) in [5.41, 5.74) is 1.53. The molecule has 21 heavy (non-hydrogen) atoms. The summed E-state index contributed by atoms with van der Waals surface area (Å²) in [6.07, 6.45) is 0.470. The lowest BCUT2D eigenvalue weighted by Crippen LogP contribution is -2.12. The van der Waals surface area contributed by atoms with Crippen molar-refractivity contribution in [3.05, 3.63) is 41.3 Å². The van der Waals surface area contributed by atoms with E-state index >= 15 is 0 Å². The highest BCUT2D eigenvalue weighted by Crippen LogP contribution is 2.25. The molecule has 2 aromatic rings. The summed E-state index contributed by atoms with van der Waals surface area (Å²) in [4.78, 5) is 2.79. The molecule has 0 radical (unpaired) electrons. The summed E-state index contributed by atoms with van der Waals surface area (Å²) >= 11 is 1.17. The number of hydrogen-bond acceptors (Lipinski definition) is 5. The van der Waals surface area contributed by atoms with E-state index in [9.17, 15) is 8.42 Å². The van der Waals surface area contributed by atoms with Crippen molar-refractivity contribution in [1.29, 1.82) is 0 Å². The van der Waals surface area contributed by atoms with Gasteiger partial charge in [0.1, 0.15) is 4.21 Å². The number of rotatable bonds is 6. The van der Waals surface area contributed by atoms with E-state index in [1.165, 1.54) is 11.3 Å². The second-order valence-electron chi connectivity index (χ2n) is 4.74. The third kappa shape index (κ3) is 3.96. The number of nitrogens with zero attached hydrogens (tertiary/aromatic N) is 1. The molecule has 0 amide bonds. The average Bonchev–Trinajstić information content (AvgIpc) is 2.89. The first-order valence-corrected chi connectivity index (χ1v) is 8.72. The Hall–Kier alpha value is -1.57. The van der Waals surface area contributed by atoms with Gasteiger partial charge >= 0.3 is 0 Å². The maximum Gasteiger partial charge on any atom is 0.271 e. The minimum atomic E-state index is -3.57. The maximum absolute atomic E-state index is 12.3. The van der Waals surface area contributed by atoms with E-state index in [1.54, 1.807) is 24.3 Å². The molecule has 0 aliphatic rings. The number of thiophene rings is 1. The van der Waals surface area contributed by atoms with Gasteiger partial charge in [-0.05, 0) is 36.4 Å². The van der Waals surface area contributed by atoms with Crippen LogP contribution in [0.5, 0.6) is 0 Å². The van der Waals surface area contributed by atoms with Crippen LogP contribution in [0.15, 0.2) is 40.6 Å². The van der Waals surface area contributed by atoms with E-state index in [2.05, 4.69) is 4.72 Å². The van der Waals surface area contributed by atoms with Crippen LogP contribution in [0, 0.1) is 0 Å². The zero-order chi connectivity index (χ0) is 15.5. The normalized spacial score (nSPS) is 11.4. The smallest absolute Gasteiger partial charge is 0.271 e. The van der Waals surface area contributed by atoms with Crippen LogP contribution in [0.3, 0.4) is 0 Å². The van der Waals surface area contributed by atoms with Gasteiger partial charge in [0.05, 0.1) is 0 Å². The van der Waals surface area contributed by atoms with E-state index in [1.807, 2.05) is 31.1 Å². The highest BCUT2D eigenvalue weighted by atomic mass is 32.2. The summed E-state index contributed by atoms with van der Waals surface area (Å²) in [6.45, 7) is 0.0133. The minimum Gasteiger partial charge on any atom is -0.396 e. The molecule has 0 bridgehead atoms. The molecule has 0 unspecified atom stereocenters. The fourth-order valence-corrected chi connectivity index (χ4v) is 4.18. The van der Waals surface area contributed by atoms with Crippen LogP contribution in [-0.2, 0) is 16.4 Å². The average molecular weight is 326 g/mol. The van der Waals surface area contributed by atoms with Gasteiger partial charge in [0, 0.05) is 43.4 Å². The predicted molar refractivity (Wildman–Crippen MR) is 86.7 cm³/mol. The van der Waals surface area contributed by atoms with Gasteiger partial charge in [-0.15, -0.1) is 11.3 Å². The van der Waals surface area contributed by atoms with Gasteiger partial charge in [-0.1, -0.05) is 0 Å². The fourth-order valence-electron chi connectivity index (χ4n) is 1.78. The number of anilines is 2. The Kier molecular flexibility index (Phi) is 4.87. The van der Waals surface area contributed by atoms with Crippen LogP contribution in [0.25, 0.3) is 0 Å². The van der Waals surface area contributed by atoms with Crippen molar-refractivity contribution in [2.24, 2.45) is 0 Å². The quantitative estimate of drug-likeness (QED) is 0.853. The van der Waals surface area contributed by atoms with Crippen LogP contribution in [0.4, 0.5) is 11.4 Å². The zero-order valence-electron chi connectivity index (χ0n) is 11.9. The van der Waals surface area contributed by atoms with Crippen molar-refractivity contribution < 1.29 is 13.5 Å². The zero-order valence-corrected chi connectivity index (χ0v) is 13.5. The van der Waals surface area contributed by atoms with Crippen LogP contribution in [0.1, 0.15) is 4.88 Å². The van der Waals surface area contributed by atoms with E-state index in [0.29, 0.717) is 12.1 Å². The largest absolute Gasteiger partial charge is 0.396 e. The van der Waals surface area contributed by atoms with E-state index in [0.717, 1.165) is 10.6 Å². The molecular formula is C14H18N2O3S2. The molecule has 0 fully saturated rings. The molecule has 0 aliphatic heterocycles. The SMILES string of the molecule is CN(C)c1ccc(NS(=O)(=O)c2ccc(CCO)s2)cc1. The molecule has 2 rings (SSSR count). The van der Waals surface area contributed by atoms with Gasteiger partial charge in [-0.2, -0.15) is 0 Å². The van der Waals surface area contributed by atoms with Crippen LogP contribution >= 0.6 is 11.3 Å². The van der Waals surface area contributed by atoms with Gasteiger partial charge in [0.2, 0.25) is 0 Å². The lowest BCUT2D eigenvalue weighted by atomic mass is 10.3. The van der Waals surface area contributed by atoms with Crippen LogP contribution in [0.2, 0.25) is 0 Å². The predicted octanol–water partition coefficient (Wildman–Crippen LogP) is 2.15. The van der Waals surface area contributed by atoms with Crippen LogP contribution < -0.4 is 9.62 Å². The molecule has 114 valence electrons. The number of sulfonamides is 1. The standard InChI is InChI=1S/C14H18N2O3S2/c1-16(2)12-5-3-11(4-6-12)15-21(18,19)14-8-7-13(20-14)9-10-17/h3-8,15,17H,9-10H2,1-2H3. The first-order valence-electron chi connectivity index (χ1n) is 6.42. The number of aliphatic hydroxyl groups excluding tert-OH is 1. The van der Waals surface area contributed by atoms with Crippen molar-refractivity contribution in [3.63, 3.8) is 0 Å². The molecule has 0 atom stereocenters. The Morgan fingerprint density at radius 2 is 1.81 bits per heavy atom. The van der Waals surface area contributed by atoms with Gasteiger partial charge in [-0.25, -0.2) is 8.42 Å². The third-order valence-electron chi connectivity index (χ3n) is 2.90. The summed E-state index contributed by atoms with van der Waals surface area (Å²) in [5, 5.41) is 8.88. The highest BCUT2D eigenvalue weighted by Gasteiger charge is 2.16. The fraction of sp³-hybridized carbons (Fsp3) is 0.286. The Labute approximate surface area is 128 Å². The molecule has 0 saturated carbocycles. The minimum absolute atomic E-state index is 0.0133. The molecule has 2 N–H and O–H groups in total. The second-order valence-corrected chi connectivity index (χ2v) is 7.82. The number of nitrogens with one attached hydrogen (secondary N) is 1. The Morgan fingerprint density at radius 3 is 2.38 bits per heavy atom. The van der Waals surface area contributed by atoms with Crippen molar-refractivity contribution in [2.45, 2.75) is 10.6 Å². The lowest BCUT2D eigenvalue weighted by Gasteiger charge is -2.13. The molecule has 7 heteroatoms. The molecular weight excluding hydrogens is 308 g/mol. The summed E-state index contributed by atoms with van der Waals surface area (Å²) in [6, 6.07) is 10.5. The monoisotopic (exact) mass is 326 g/mol. The summed E-state index contributed by atoms with van der Waals surface area (Å²) < 4.78 is 27.3. The molecule has 1 aromatic heterocycles. The first kappa shape index (κ1) is 15.8. The van der Waals surface area contributed by atoms with Crippen molar-refractivity contribution in [3.8, 4) is 0 Å². The van der Waals surface area contributed by atoms with Gasteiger partial charge in [-0.3, -0.25) is 4.72 Å². The molecule has 1 heterocycles. The number of benzene rings is 1. The molecule has 1 aromatic carbocycles. The van der Waals surface area contributed by atoms with Gasteiger partial charge < -0.3 is 10.0 Å². The van der Waals surface area contributed by atoms with Gasteiger partial charge in [0.25, 0.3) is 10.0 Å². The first-order chi connectivity index (χ1) is 9.92. The Balaban J connectivity index is 2.16. The summed E-state index contributed by atoms with van der Waals surface area (Å²) in [5.74, 6) is 0. The maximum atomic E-state index is 12.3. The van der Waals surface area contributed by atoms with Crippen LogP contribution in [-0.4, -0.2) is 34.2 Å². The Morgan fingerprint density at radius 1 is 1.14 bits per heavy atom. The van der Waals surface area contributed by atoms with Crippen molar-refractivity contribution in [2.75, 3.05) is 30.3 Å². The molecule has 0 saturated heterocycles. The van der Waals surface area contributed by atoms with E-state index in [-0.39, 0.29) is 10.8 Å². The van der Waals surface area contributed by atoms with Gasteiger partial charge in [0.15, 0.2) is 0 Å². The van der Waals surface area contributed by atoms with E-state index < -0.39 is 10.0 Å². The molecule has 0 spiro atoms. The third-order valence-corrected chi connectivity index (χ3v) is 5.91. The molecule has 5 nitrogen and oxygen atoms in total. The second kappa shape index (κ2) is 6.46. The van der Waals surface area contributed by atoms with E-state index in [4.69, 9.17) is 5.11 Å². The van der Waals surface area contributed by atoms with Crippen molar-refractivity contribution in [1.82, 2.24) is 0 Å². The summed E-state index contributed by atoms with van der Waals surface area (Å²) in [7, 11) is 0.278. The highest BCUT2D eigenvalue weighted by molar-refractivity contribution is 7.94. The Bertz CT molecular complexity index is 691. The molecule has 0 aliphatic carbocycles. The number of aliphatic hydroxyl groups is 1. The topological polar surface area (TPSA) is 69.6 Å².